The van der Waals surface area contributed by atoms with Gasteiger partial charge in [-0.2, -0.15) is 0 Å². The van der Waals surface area contributed by atoms with Gasteiger partial charge in [-0.05, 0) is 47.8 Å². The Kier molecular flexibility index (Phi) is 7.34. The molecular weight excluding hydrogens is 370 g/mol. The molecule has 1 heterocycles. The lowest BCUT2D eigenvalue weighted by Gasteiger charge is -2.26. The van der Waals surface area contributed by atoms with Crippen LogP contribution < -0.4 is 10.1 Å². The molecule has 1 aliphatic heterocycles. The van der Waals surface area contributed by atoms with E-state index in [0.717, 1.165) is 29.4 Å². The number of carbonyl (C=O) groups is 1. The smallest absolute Gasteiger partial charge is 0.404 e. The Hall–Kier alpha value is -2.31. The summed E-state index contributed by atoms with van der Waals surface area (Å²) in [6, 6.07) is 12.4. The fourth-order valence-electron chi connectivity index (χ4n) is 3.75. The maximum atomic E-state index is 11.2. The van der Waals surface area contributed by atoms with Crippen molar-refractivity contribution in [1.82, 2.24) is 5.32 Å². The van der Waals surface area contributed by atoms with Crippen LogP contribution in [0.2, 0.25) is 0 Å². The maximum Gasteiger partial charge on any atom is 0.404 e. The zero-order chi connectivity index (χ0) is 20.8. The Morgan fingerprint density at radius 1 is 1.28 bits per heavy atom. The molecule has 2 aromatic carbocycles. The third kappa shape index (κ3) is 6.08. The quantitative estimate of drug-likeness (QED) is 0.438. The number of ether oxygens (including phenoxy) is 3. The molecular formula is C23H31NO5. The van der Waals surface area contributed by atoms with E-state index in [2.05, 4.69) is 43.4 Å². The second kappa shape index (κ2) is 9.94. The molecule has 158 valence electrons. The van der Waals surface area contributed by atoms with Crippen LogP contribution in [-0.2, 0) is 15.9 Å². The minimum absolute atomic E-state index is 0.00439. The minimum atomic E-state index is -0.989. The van der Waals surface area contributed by atoms with Gasteiger partial charge in [0.15, 0.2) is 0 Å². The highest BCUT2D eigenvalue weighted by atomic mass is 16.6. The molecule has 6 nitrogen and oxygen atoms in total. The molecule has 2 N–H and O–H groups in total. The largest absolute Gasteiger partial charge is 0.491 e. The van der Waals surface area contributed by atoms with Crippen LogP contribution in [0.1, 0.15) is 25.8 Å². The number of fused-ring (bicyclic) bond motifs is 1. The van der Waals surface area contributed by atoms with Gasteiger partial charge in [0.2, 0.25) is 0 Å². The van der Waals surface area contributed by atoms with Gasteiger partial charge in [-0.25, -0.2) is 4.79 Å². The van der Waals surface area contributed by atoms with E-state index in [-0.39, 0.29) is 12.1 Å². The van der Waals surface area contributed by atoms with Crippen LogP contribution in [0, 0.1) is 11.8 Å². The number of hydrogen-bond donors (Lipinski definition) is 2. The number of benzene rings is 2. The van der Waals surface area contributed by atoms with Crippen LogP contribution in [0.15, 0.2) is 36.4 Å². The third-order valence-electron chi connectivity index (χ3n) is 5.57. The minimum Gasteiger partial charge on any atom is -0.491 e. The second-order valence-corrected chi connectivity index (χ2v) is 8.02. The van der Waals surface area contributed by atoms with Gasteiger partial charge in [0.1, 0.15) is 18.5 Å². The first-order valence-electron chi connectivity index (χ1n) is 10.2. The van der Waals surface area contributed by atoms with Gasteiger partial charge in [-0.1, -0.05) is 38.1 Å². The van der Waals surface area contributed by atoms with E-state index in [0.29, 0.717) is 31.7 Å². The summed E-state index contributed by atoms with van der Waals surface area (Å²) in [4.78, 5) is 11.2. The van der Waals surface area contributed by atoms with E-state index in [4.69, 9.17) is 19.3 Å². The Labute approximate surface area is 172 Å². The molecule has 0 aromatic heterocycles. The van der Waals surface area contributed by atoms with Crippen molar-refractivity contribution in [3.05, 3.63) is 42.0 Å². The topological polar surface area (TPSA) is 80.3 Å². The Morgan fingerprint density at radius 3 is 2.72 bits per heavy atom. The highest BCUT2D eigenvalue weighted by Gasteiger charge is 2.36. The summed E-state index contributed by atoms with van der Waals surface area (Å²) < 4.78 is 16.4. The number of nitrogens with one attached hydrogen (secondary N) is 1. The number of carboxylic acid groups (broad SMARTS) is 1. The van der Waals surface area contributed by atoms with Gasteiger partial charge < -0.3 is 24.6 Å². The molecule has 0 aliphatic carbocycles. The molecule has 0 radical (unpaired) electrons. The molecule has 1 aliphatic rings. The van der Waals surface area contributed by atoms with Crippen molar-refractivity contribution in [3.63, 3.8) is 0 Å². The van der Waals surface area contributed by atoms with E-state index < -0.39 is 6.09 Å². The van der Waals surface area contributed by atoms with Gasteiger partial charge in [0.25, 0.3) is 0 Å². The van der Waals surface area contributed by atoms with Crippen molar-refractivity contribution < 1.29 is 24.1 Å². The normalized spacial score (nSPS) is 17.9. The van der Waals surface area contributed by atoms with Gasteiger partial charge in [-0.15, -0.1) is 0 Å². The molecule has 6 heteroatoms. The zero-order valence-corrected chi connectivity index (χ0v) is 17.4. The summed E-state index contributed by atoms with van der Waals surface area (Å²) in [7, 11) is 1.66. The molecule has 3 atom stereocenters. The fourth-order valence-corrected chi connectivity index (χ4v) is 3.75. The SMILES string of the molecule is COCCOc1cccc2ccc(CC(CC(NC(=O)O)C3CO3)C(C)C)cc12. The Balaban J connectivity index is 1.76. The Bertz CT molecular complexity index is 818. The van der Waals surface area contributed by atoms with Crippen molar-refractivity contribution in [2.75, 3.05) is 26.9 Å². The van der Waals surface area contributed by atoms with Gasteiger partial charge >= 0.3 is 6.09 Å². The lowest BCUT2D eigenvalue weighted by Crippen LogP contribution is -2.40. The molecule has 0 saturated carbocycles. The van der Waals surface area contributed by atoms with Crippen LogP contribution >= 0.6 is 0 Å². The molecule has 2 aromatic rings. The first-order chi connectivity index (χ1) is 14.0. The van der Waals surface area contributed by atoms with Crippen LogP contribution in [0.4, 0.5) is 4.79 Å². The number of epoxide rings is 1. The van der Waals surface area contributed by atoms with Gasteiger partial charge in [-0.3, -0.25) is 0 Å². The van der Waals surface area contributed by atoms with Crippen molar-refractivity contribution in [1.29, 1.82) is 0 Å². The summed E-state index contributed by atoms with van der Waals surface area (Å²) in [5, 5.41) is 14.0. The Morgan fingerprint density at radius 2 is 2.07 bits per heavy atom. The second-order valence-electron chi connectivity index (χ2n) is 8.02. The van der Waals surface area contributed by atoms with Crippen molar-refractivity contribution in [3.8, 4) is 5.75 Å². The number of amides is 1. The summed E-state index contributed by atoms with van der Waals surface area (Å²) >= 11 is 0. The zero-order valence-electron chi connectivity index (χ0n) is 17.4. The molecule has 3 rings (SSSR count). The number of rotatable bonds is 11. The monoisotopic (exact) mass is 401 g/mol. The van der Waals surface area contributed by atoms with Gasteiger partial charge in [0, 0.05) is 12.5 Å². The summed E-state index contributed by atoms with van der Waals surface area (Å²) in [5.74, 6) is 1.63. The van der Waals surface area contributed by atoms with E-state index in [9.17, 15) is 4.79 Å². The molecule has 1 saturated heterocycles. The maximum absolute atomic E-state index is 11.2. The standard InChI is InChI=1S/C23H31NO5/c1-15(2)18(13-20(22-14-29-22)24-23(25)26)11-16-7-8-17-5-4-6-21(19(17)12-16)28-10-9-27-3/h4-8,12,15,18,20,22,24H,9-11,13-14H2,1-3H3,(H,25,26). The number of methoxy groups -OCH3 is 1. The van der Waals surface area contributed by atoms with E-state index in [1.807, 2.05) is 12.1 Å². The fraction of sp³-hybridized carbons (Fsp3) is 0.522. The summed E-state index contributed by atoms with van der Waals surface area (Å²) in [6.45, 7) is 6.08. The molecule has 29 heavy (non-hydrogen) atoms. The lowest BCUT2D eigenvalue weighted by atomic mass is 9.83. The van der Waals surface area contributed by atoms with Crippen LogP contribution in [0.3, 0.4) is 0 Å². The van der Waals surface area contributed by atoms with Crippen molar-refractivity contribution in [2.45, 2.75) is 38.8 Å². The van der Waals surface area contributed by atoms with Crippen molar-refractivity contribution >= 4 is 16.9 Å². The average molecular weight is 402 g/mol. The predicted molar refractivity (Wildman–Crippen MR) is 113 cm³/mol. The van der Waals surface area contributed by atoms with Gasteiger partial charge in [0.05, 0.1) is 19.3 Å². The molecule has 0 bridgehead atoms. The average Bonchev–Trinajstić information content (AvgIpc) is 3.52. The third-order valence-corrected chi connectivity index (χ3v) is 5.57. The van der Waals surface area contributed by atoms with E-state index >= 15 is 0 Å². The summed E-state index contributed by atoms with van der Waals surface area (Å²) in [5.41, 5.74) is 1.23. The molecule has 3 unspecified atom stereocenters. The molecule has 1 amide bonds. The highest BCUT2D eigenvalue weighted by molar-refractivity contribution is 5.88. The molecule has 0 spiro atoms. The van der Waals surface area contributed by atoms with Crippen molar-refractivity contribution in [2.24, 2.45) is 11.8 Å². The predicted octanol–water partition coefficient (Wildman–Crippen LogP) is 4.10. The molecule has 1 fully saturated rings. The lowest BCUT2D eigenvalue weighted by molar-refractivity contribution is 0.147. The number of hydrogen-bond acceptors (Lipinski definition) is 4. The van der Waals surface area contributed by atoms with E-state index in [1.54, 1.807) is 7.11 Å². The van der Waals surface area contributed by atoms with Crippen LogP contribution in [0.25, 0.3) is 10.8 Å². The van der Waals surface area contributed by atoms with Crippen LogP contribution in [0.5, 0.6) is 5.75 Å². The first kappa shape index (κ1) is 21.4. The highest BCUT2D eigenvalue weighted by Crippen LogP contribution is 2.31. The first-order valence-corrected chi connectivity index (χ1v) is 10.2. The van der Waals surface area contributed by atoms with Crippen LogP contribution in [-0.4, -0.2) is 50.3 Å². The summed E-state index contributed by atoms with van der Waals surface area (Å²) in [6.07, 6.45) is 0.657. The van der Waals surface area contributed by atoms with E-state index in [1.165, 1.54) is 5.56 Å².